The van der Waals surface area contributed by atoms with Crippen molar-refractivity contribution in [3.8, 4) is 0 Å². The van der Waals surface area contributed by atoms with Crippen LogP contribution >= 0.6 is 0 Å². The highest BCUT2D eigenvalue weighted by molar-refractivity contribution is 5.86. The van der Waals surface area contributed by atoms with Gasteiger partial charge >= 0.3 is 0 Å². The molecule has 2 aliphatic heterocycles. The summed E-state index contributed by atoms with van der Waals surface area (Å²) in [6, 6.07) is 0.0656. The number of piperidine rings is 1. The van der Waals surface area contributed by atoms with Gasteiger partial charge in [-0.15, -0.1) is 0 Å². The Morgan fingerprint density at radius 2 is 1.84 bits per heavy atom. The zero-order valence-corrected chi connectivity index (χ0v) is 18.6. The number of aliphatic hydroxyl groups is 1. The third-order valence-corrected chi connectivity index (χ3v) is 6.17. The second-order valence-electron chi connectivity index (χ2n) is 8.15. The average Bonchev–Trinajstić information content (AvgIpc) is 2.99. The van der Waals surface area contributed by atoms with E-state index in [9.17, 15) is 14.7 Å². The number of nitrogens with zero attached hydrogens (tertiary/aromatic N) is 3. The number of rotatable bonds is 5. The minimum Gasteiger partial charge on any atom is -0.483 e. The number of carbonyl (C=O) groups excluding carboxylic acids is 2. The van der Waals surface area contributed by atoms with Crippen molar-refractivity contribution in [1.82, 2.24) is 20.0 Å². The SMILES string of the molecule is Cc1nn(C)c(C)c1CCC(=O)N1CCC(O)(C(=O)NC2CCOCC2)CC1.O=CO. The Labute approximate surface area is 182 Å². The van der Waals surface area contributed by atoms with E-state index in [-0.39, 0.29) is 37.2 Å². The van der Waals surface area contributed by atoms with Crippen LogP contribution in [0.25, 0.3) is 0 Å². The highest BCUT2D eigenvalue weighted by Crippen LogP contribution is 2.24. The van der Waals surface area contributed by atoms with Crippen LogP contribution < -0.4 is 5.32 Å². The third kappa shape index (κ3) is 6.51. The molecule has 31 heavy (non-hydrogen) atoms. The van der Waals surface area contributed by atoms with E-state index in [0.717, 1.165) is 29.8 Å². The van der Waals surface area contributed by atoms with Crippen molar-refractivity contribution >= 4 is 18.3 Å². The maximum absolute atomic E-state index is 12.6. The molecule has 2 amide bonds. The fourth-order valence-electron chi connectivity index (χ4n) is 4.08. The van der Waals surface area contributed by atoms with Gasteiger partial charge in [-0.1, -0.05) is 0 Å². The van der Waals surface area contributed by atoms with E-state index in [1.165, 1.54) is 0 Å². The molecule has 2 aliphatic rings. The summed E-state index contributed by atoms with van der Waals surface area (Å²) in [6.45, 7) is 5.81. The summed E-state index contributed by atoms with van der Waals surface area (Å²) in [4.78, 5) is 35.3. The van der Waals surface area contributed by atoms with Crippen LogP contribution in [0, 0.1) is 13.8 Å². The van der Waals surface area contributed by atoms with Crippen molar-refractivity contribution in [3.63, 3.8) is 0 Å². The fraction of sp³-hybridized carbons (Fsp3) is 0.714. The van der Waals surface area contributed by atoms with Crippen LogP contribution in [0.3, 0.4) is 0 Å². The van der Waals surface area contributed by atoms with E-state index >= 15 is 0 Å². The van der Waals surface area contributed by atoms with Crippen LogP contribution in [0.15, 0.2) is 0 Å². The summed E-state index contributed by atoms with van der Waals surface area (Å²) >= 11 is 0. The molecule has 0 aromatic carbocycles. The largest absolute Gasteiger partial charge is 0.483 e. The van der Waals surface area contributed by atoms with Gasteiger partial charge in [0.1, 0.15) is 5.60 Å². The zero-order valence-electron chi connectivity index (χ0n) is 18.6. The summed E-state index contributed by atoms with van der Waals surface area (Å²) < 4.78 is 7.14. The third-order valence-electron chi connectivity index (χ3n) is 6.17. The molecular formula is C21H34N4O6. The Balaban J connectivity index is 0.00000107. The second kappa shape index (κ2) is 11.2. The number of nitrogens with one attached hydrogen (secondary N) is 1. The molecule has 3 N–H and O–H groups in total. The predicted octanol–water partition coefficient (Wildman–Crippen LogP) is 0.319. The molecule has 10 heteroatoms. The number of carboxylic acid groups (broad SMARTS) is 1. The molecule has 3 heterocycles. The molecule has 0 saturated carbocycles. The minimum absolute atomic E-state index is 0.0644. The molecule has 0 aliphatic carbocycles. The van der Waals surface area contributed by atoms with Gasteiger partial charge in [-0.3, -0.25) is 19.1 Å². The van der Waals surface area contributed by atoms with E-state index in [1.54, 1.807) is 4.90 Å². The van der Waals surface area contributed by atoms with Crippen molar-refractivity contribution in [1.29, 1.82) is 0 Å². The molecule has 0 bridgehead atoms. The van der Waals surface area contributed by atoms with E-state index in [0.29, 0.717) is 39.1 Å². The fourth-order valence-corrected chi connectivity index (χ4v) is 4.08. The lowest BCUT2D eigenvalue weighted by Crippen LogP contribution is -2.57. The maximum atomic E-state index is 12.6. The lowest BCUT2D eigenvalue weighted by molar-refractivity contribution is -0.150. The summed E-state index contributed by atoms with van der Waals surface area (Å²) in [5, 5.41) is 25.0. The number of ether oxygens (including phenoxy) is 1. The quantitative estimate of drug-likeness (QED) is 0.564. The van der Waals surface area contributed by atoms with Gasteiger partial charge in [-0.25, -0.2) is 0 Å². The molecule has 1 aromatic heterocycles. The van der Waals surface area contributed by atoms with Crippen molar-refractivity contribution < 1.29 is 29.3 Å². The first-order valence-electron chi connectivity index (χ1n) is 10.7. The number of likely N-dealkylation sites (tertiary alicyclic amines) is 1. The van der Waals surface area contributed by atoms with Crippen LogP contribution in [0.2, 0.25) is 0 Å². The Hall–Kier alpha value is -2.46. The predicted molar refractivity (Wildman–Crippen MR) is 112 cm³/mol. The molecule has 3 rings (SSSR count). The highest BCUT2D eigenvalue weighted by Gasteiger charge is 2.41. The van der Waals surface area contributed by atoms with Gasteiger partial charge in [-0.2, -0.15) is 5.10 Å². The average molecular weight is 439 g/mol. The number of aromatic nitrogens is 2. The molecule has 174 valence electrons. The Morgan fingerprint density at radius 3 is 2.35 bits per heavy atom. The first kappa shape index (κ1) is 24.8. The molecule has 10 nitrogen and oxygen atoms in total. The minimum atomic E-state index is -1.38. The van der Waals surface area contributed by atoms with Gasteiger partial charge in [0, 0.05) is 64.3 Å². The summed E-state index contributed by atoms with van der Waals surface area (Å²) in [7, 11) is 1.91. The van der Waals surface area contributed by atoms with Crippen molar-refractivity contribution in [2.75, 3.05) is 26.3 Å². The van der Waals surface area contributed by atoms with Gasteiger partial charge < -0.3 is 25.2 Å². The Morgan fingerprint density at radius 1 is 1.26 bits per heavy atom. The van der Waals surface area contributed by atoms with Gasteiger partial charge in [0.15, 0.2) is 0 Å². The molecule has 0 radical (unpaired) electrons. The lowest BCUT2D eigenvalue weighted by Gasteiger charge is -2.38. The van der Waals surface area contributed by atoms with Crippen molar-refractivity contribution in [3.05, 3.63) is 17.0 Å². The molecular weight excluding hydrogens is 404 g/mol. The monoisotopic (exact) mass is 438 g/mol. The summed E-state index contributed by atoms with van der Waals surface area (Å²) in [6.07, 6.45) is 3.19. The van der Waals surface area contributed by atoms with E-state index < -0.39 is 5.60 Å². The van der Waals surface area contributed by atoms with Gasteiger partial charge in [0.05, 0.1) is 5.69 Å². The normalized spacial score (nSPS) is 18.6. The zero-order chi connectivity index (χ0) is 23.0. The topological polar surface area (TPSA) is 134 Å². The number of carbonyl (C=O) groups is 3. The van der Waals surface area contributed by atoms with Crippen molar-refractivity contribution in [2.24, 2.45) is 7.05 Å². The second-order valence-corrected chi connectivity index (χ2v) is 8.15. The van der Waals surface area contributed by atoms with Crippen LogP contribution in [0.4, 0.5) is 0 Å². The molecule has 2 fully saturated rings. The number of amides is 2. The number of aryl methyl sites for hydroxylation is 2. The number of hydrogen-bond acceptors (Lipinski definition) is 6. The molecule has 0 atom stereocenters. The molecule has 0 spiro atoms. The maximum Gasteiger partial charge on any atom is 0.290 e. The molecule has 2 saturated heterocycles. The van der Waals surface area contributed by atoms with Crippen LogP contribution in [0.1, 0.15) is 49.1 Å². The first-order chi connectivity index (χ1) is 14.7. The lowest BCUT2D eigenvalue weighted by atomic mass is 9.89. The number of hydrogen-bond donors (Lipinski definition) is 3. The smallest absolute Gasteiger partial charge is 0.290 e. The Bertz CT molecular complexity index is 764. The molecule has 0 unspecified atom stereocenters. The van der Waals surface area contributed by atoms with Crippen LogP contribution in [-0.2, 0) is 32.6 Å². The molecule has 1 aromatic rings. The first-order valence-corrected chi connectivity index (χ1v) is 10.7. The summed E-state index contributed by atoms with van der Waals surface area (Å²) in [5.41, 5.74) is 1.79. The highest BCUT2D eigenvalue weighted by atomic mass is 16.5. The van der Waals surface area contributed by atoms with E-state index in [2.05, 4.69) is 10.4 Å². The Kier molecular flexibility index (Phi) is 9.00. The van der Waals surface area contributed by atoms with E-state index in [4.69, 9.17) is 14.6 Å². The van der Waals surface area contributed by atoms with Crippen molar-refractivity contribution in [2.45, 2.75) is 64.0 Å². The summed E-state index contributed by atoms with van der Waals surface area (Å²) in [5.74, 6) is -0.248. The van der Waals surface area contributed by atoms with E-state index in [1.807, 2.05) is 25.6 Å². The van der Waals surface area contributed by atoms with Gasteiger partial charge in [-0.05, 0) is 38.7 Å². The standard InChI is InChI=1S/C20H32N4O4.CH2O2/c1-14-17(15(2)23(3)22-14)4-5-18(25)24-10-8-20(27,9-11-24)19(26)21-16-6-12-28-13-7-16;2-1-3/h16,27H,4-13H2,1-3H3,(H,21,26);1H,(H,2,3). The van der Waals surface area contributed by atoms with Gasteiger partial charge in [0.25, 0.3) is 12.4 Å². The van der Waals surface area contributed by atoms with Gasteiger partial charge in [0.2, 0.25) is 5.91 Å². The van der Waals surface area contributed by atoms with Crippen LogP contribution in [0.5, 0.6) is 0 Å². The van der Waals surface area contributed by atoms with Crippen LogP contribution in [-0.4, -0.2) is 81.1 Å².